The van der Waals surface area contributed by atoms with Crippen molar-refractivity contribution in [2.75, 3.05) is 7.05 Å². The summed E-state index contributed by atoms with van der Waals surface area (Å²) in [6, 6.07) is 6.40. The van der Waals surface area contributed by atoms with Crippen LogP contribution in [-0.2, 0) is 13.1 Å². The van der Waals surface area contributed by atoms with E-state index < -0.39 is 0 Å². The molecule has 0 aliphatic carbocycles. The van der Waals surface area contributed by atoms with Crippen molar-refractivity contribution >= 4 is 17.2 Å². The highest BCUT2D eigenvalue weighted by molar-refractivity contribution is 7.13. The number of carbonyl (C=O) groups is 1. The van der Waals surface area contributed by atoms with Crippen LogP contribution in [0.5, 0.6) is 0 Å². The zero-order chi connectivity index (χ0) is 18.6. The molecule has 1 heterocycles. The van der Waals surface area contributed by atoms with Crippen molar-refractivity contribution in [1.29, 1.82) is 0 Å². The van der Waals surface area contributed by atoms with Crippen molar-refractivity contribution in [3.05, 3.63) is 45.7 Å². The number of hydrogen-bond donors (Lipinski definition) is 1. The van der Waals surface area contributed by atoms with E-state index in [2.05, 4.69) is 48.1 Å². The van der Waals surface area contributed by atoms with Crippen LogP contribution < -0.4 is 5.32 Å². The molecule has 0 radical (unpaired) electrons. The fourth-order valence-electron chi connectivity index (χ4n) is 2.28. The van der Waals surface area contributed by atoms with Gasteiger partial charge in [-0.05, 0) is 37.1 Å². The highest BCUT2D eigenvalue weighted by Crippen LogP contribution is 2.24. The van der Waals surface area contributed by atoms with Crippen LogP contribution in [0.2, 0.25) is 0 Å². The maximum absolute atomic E-state index is 12.9. The van der Waals surface area contributed by atoms with E-state index in [4.69, 9.17) is 0 Å². The van der Waals surface area contributed by atoms with E-state index in [9.17, 15) is 9.18 Å². The van der Waals surface area contributed by atoms with Gasteiger partial charge in [-0.3, -0.25) is 9.69 Å². The Morgan fingerprint density at radius 3 is 2.52 bits per heavy atom. The summed E-state index contributed by atoms with van der Waals surface area (Å²) in [6.07, 6.45) is 0. The van der Waals surface area contributed by atoms with Gasteiger partial charge in [0.05, 0.1) is 6.54 Å². The van der Waals surface area contributed by atoms with Crippen molar-refractivity contribution in [2.24, 2.45) is 5.41 Å². The van der Waals surface area contributed by atoms with Gasteiger partial charge in [-0.15, -0.1) is 10.2 Å². The van der Waals surface area contributed by atoms with Crippen LogP contribution in [0.3, 0.4) is 0 Å². The Hall–Kier alpha value is -1.86. The van der Waals surface area contributed by atoms with Gasteiger partial charge in [-0.25, -0.2) is 4.39 Å². The predicted molar refractivity (Wildman–Crippen MR) is 97.9 cm³/mol. The van der Waals surface area contributed by atoms with Crippen molar-refractivity contribution in [3.63, 3.8) is 0 Å². The molecule has 2 rings (SSSR count). The Bertz CT molecular complexity index is 709. The third-order valence-electron chi connectivity index (χ3n) is 4.33. The van der Waals surface area contributed by atoms with Crippen molar-refractivity contribution in [3.8, 4) is 0 Å². The molecule has 136 valence electrons. The number of aromatic nitrogens is 2. The summed E-state index contributed by atoms with van der Waals surface area (Å²) in [6.45, 7) is 9.75. The summed E-state index contributed by atoms with van der Waals surface area (Å²) in [5, 5.41) is 12.0. The highest BCUT2D eigenvalue weighted by Gasteiger charge is 2.25. The Morgan fingerprint density at radius 1 is 1.28 bits per heavy atom. The summed E-state index contributed by atoms with van der Waals surface area (Å²) >= 11 is 1.30. The topological polar surface area (TPSA) is 58.1 Å². The summed E-state index contributed by atoms with van der Waals surface area (Å²) in [4.78, 5) is 14.4. The summed E-state index contributed by atoms with van der Waals surface area (Å²) in [7, 11) is 2.05. The van der Waals surface area contributed by atoms with Gasteiger partial charge in [0.25, 0.3) is 5.91 Å². The fourth-order valence-corrected chi connectivity index (χ4v) is 3.10. The third kappa shape index (κ3) is 5.57. The fraction of sp³-hybridized carbons (Fsp3) is 0.500. The van der Waals surface area contributed by atoms with Crippen LogP contribution in [0.15, 0.2) is 24.3 Å². The summed E-state index contributed by atoms with van der Waals surface area (Å²) < 4.78 is 12.9. The molecule has 0 aliphatic heterocycles. The molecule has 1 N–H and O–H groups in total. The number of nitrogens with zero attached hydrogens (tertiary/aromatic N) is 3. The standard InChI is InChI=1S/C18H25FN4OS/c1-12(18(2,3)4)23(5)11-15-21-22-17(25-15)16(24)20-10-13-6-8-14(19)9-7-13/h6-9,12H,10-11H2,1-5H3,(H,20,24). The minimum absolute atomic E-state index is 0.162. The molecule has 25 heavy (non-hydrogen) atoms. The van der Waals surface area contributed by atoms with Gasteiger partial charge >= 0.3 is 0 Å². The third-order valence-corrected chi connectivity index (χ3v) is 5.23. The minimum atomic E-state index is -0.294. The molecule has 0 saturated carbocycles. The Kier molecular flexibility index (Phi) is 6.24. The van der Waals surface area contributed by atoms with Gasteiger partial charge in [0.15, 0.2) is 0 Å². The number of hydrogen-bond acceptors (Lipinski definition) is 5. The van der Waals surface area contributed by atoms with Gasteiger partial charge in [-0.2, -0.15) is 0 Å². The largest absolute Gasteiger partial charge is 0.346 e. The molecule has 0 spiro atoms. The SMILES string of the molecule is CC(N(C)Cc1nnc(C(=O)NCc2ccc(F)cc2)s1)C(C)(C)C. The van der Waals surface area contributed by atoms with E-state index >= 15 is 0 Å². The number of benzene rings is 1. The molecule has 2 aromatic rings. The van der Waals surface area contributed by atoms with Crippen LogP contribution in [0, 0.1) is 11.2 Å². The molecule has 0 bridgehead atoms. The van der Waals surface area contributed by atoms with E-state index in [0.29, 0.717) is 24.1 Å². The maximum Gasteiger partial charge on any atom is 0.282 e. The second kappa shape index (κ2) is 8.01. The molecule has 1 aromatic heterocycles. The van der Waals surface area contributed by atoms with Crippen LogP contribution >= 0.6 is 11.3 Å². The van der Waals surface area contributed by atoms with Gasteiger partial charge in [0.1, 0.15) is 10.8 Å². The van der Waals surface area contributed by atoms with E-state index in [-0.39, 0.29) is 17.1 Å². The van der Waals surface area contributed by atoms with Crippen LogP contribution in [0.25, 0.3) is 0 Å². The van der Waals surface area contributed by atoms with E-state index in [1.54, 1.807) is 12.1 Å². The Balaban J connectivity index is 1.91. The van der Waals surface area contributed by atoms with E-state index in [1.165, 1.54) is 23.5 Å². The predicted octanol–water partition coefficient (Wildman–Crippen LogP) is 3.47. The zero-order valence-electron chi connectivity index (χ0n) is 15.3. The Labute approximate surface area is 152 Å². The first-order valence-electron chi connectivity index (χ1n) is 8.22. The number of nitrogens with one attached hydrogen (secondary N) is 1. The van der Waals surface area contributed by atoms with Crippen LogP contribution in [-0.4, -0.2) is 34.1 Å². The lowest BCUT2D eigenvalue weighted by Crippen LogP contribution is -2.38. The van der Waals surface area contributed by atoms with Gasteiger partial charge in [0.2, 0.25) is 5.01 Å². The lowest BCUT2D eigenvalue weighted by molar-refractivity contribution is 0.0950. The number of amides is 1. The smallest absolute Gasteiger partial charge is 0.282 e. The first kappa shape index (κ1) is 19.5. The highest BCUT2D eigenvalue weighted by atomic mass is 32.1. The maximum atomic E-state index is 12.9. The van der Waals surface area contributed by atoms with Crippen molar-refractivity contribution in [1.82, 2.24) is 20.4 Å². The summed E-state index contributed by atoms with van der Waals surface area (Å²) in [5.41, 5.74) is 0.993. The lowest BCUT2D eigenvalue weighted by atomic mass is 9.87. The molecule has 1 aromatic carbocycles. The molecular formula is C18H25FN4OS. The first-order chi connectivity index (χ1) is 11.7. The van der Waals surface area contributed by atoms with E-state index in [1.807, 2.05) is 7.05 Å². The number of halogens is 1. The molecular weight excluding hydrogens is 339 g/mol. The molecule has 7 heteroatoms. The van der Waals surface area contributed by atoms with Crippen LogP contribution in [0.4, 0.5) is 4.39 Å². The average molecular weight is 364 g/mol. The lowest BCUT2D eigenvalue weighted by Gasteiger charge is -2.34. The van der Waals surface area contributed by atoms with Crippen molar-refractivity contribution < 1.29 is 9.18 Å². The second-order valence-corrected chi connectivity index (χ2v) is 8.33. The quantitative estimate of drug-likeness (QED) is 0.853. The number of carbonyl (C=O) groups excluding carboxylic acids is 1. The molecule has 5 nitrogen and oxygen atoms in total. The molecule has 0 saturated heterocycles. The summed E-state index contributed by atoms with van der Waals surface area (Å²) in [5.74, 6) is -0.558. The average Bonchev–Trinajstić information content (AvgIpc) is 3.01. The minimum Gasteiger partial charge on any atom is -0.346 e. The molecule has 0 aliphatic rings. The second-order valence-electron chi connectivity index (χ2n) is 7.27. The molecule has 1 unspecified atom stereocenters. The van der Waals surface area contributed by atoms with E-state index in [0.717, 1.165) is 10.6 Å². The normalized spacial score (nSPS) is 13.1. The molecule has 0 fully saturated rings. The number of rotatable bonds is 6. The zero-order valence-corrected chi connectivity index (χ0v) is 16.2. The molecule has 1 atom stereocenters. The monoisotopic (exact) mass is 364 g/mol. The van der Waals surface area contributed by atoms with Crippen LogP contribution in [0.1, 0.15) is 48.1 Å². The van der Waals surface area contributed by atoms with Gasteiger partial charge < -0.3 is 5.32 Å². The Morgan fingerprint density at radius 2 is 1.92 bits per heavy atom. The first-order valence-corrected chi connectivity index (χ1v) is 9.03. The molecule has 1 amide bonds. The van der Waals surface area contributed by atoms with Gasteiger partial charge in [0, 0.05) is 12.6 Å². The van der Waals surface area contributed by atoms with Gasteiger partial charge in [-0.1, -0.05) is 44.2 Å². The van der Waals surface area contributed by atoms with Crippen molar-refractivity contribution in [2.45, 2.75) is 46.8 Å².